The van der Waals surface area contributed by atoms with Crippen molar-refractivity contribution in [3.8, 4) is 0 Å². The van der Waals surface area contributed by atoms with Crippen molar-refractivity contribution in [2.24, 2.45) is 5.73 Å². The molecule has 1 aliphatic rings. The zero-order valence-corrected chi connectivity index (χ0v) is 12.5. The first-order chi connectivity index (χ1) is 9.26. The fourth-order valence-electron chi connectivity index (χ4n) is 2.30. The Balaban J connectivity index is 1.95. The van der Waals surface area contributed by atoms with Gasteiger partial charge in [0, 0.05) is 12.2 Å². The van der Waals surface area contributed by atoms with Crippen LogP contribution in [0.2, 0.25) is 0 Å². The summed E-state index contributed by atoms with van der Waals surface area (Å²) in [6, 6.07) is 2.23. The van der Waals surface area contributed by atoms with Gasteiger partial charge in [-0.15, -0.1) is 0 Å². The summed E-state index contributed by atoms with van der Waals surface area (Å²) in [5, 5.41) is 0.999. The second-order valence-electron chi connectivity index (χ2n) is 4.68. The van der Waals surface area contributed by atoms with E-state index < -0.39 is 0 Å². The maximum atomic E-state index is 5.86. The van der Waals surface area contributed by atoms with Crippen molar-refractivity contribution in [1.82, 2.24) is 14.3 Å². The van der Waals surface area contributed by atoms with E-state index in [-0.39, 0.29) is 0 Å². The van der Waals surface area contributed by atoms with E-state index in [4.69, 9.17) is 10.7 Å². The van der Waals surface area contributed by atoms with Crippen LogP contribution in [-0.4, -0.2) is 14.3 Å². The second kappa shape index (κ2) is 5.56. The molecule has 0 saturated heterocycles. The molecule has 0 atom stereocenters. The summed E-state index contributed by atoms with van der Waals surface area (Å²) in [4.78, 5) is 9.19. The van der Waals surface area contributed by atoms with Gasteiger partial charge in [0.1, 0.15) is 10.9 Å². The molecule has 0 aromatic carbocycles. The van der Waals surface area contributed by atoms with Gasteiger partial charge in [-0.1, -0.05) is 6.07 Å². The van der Waals surface area contributed by atoms with Gasteiger partial charge in [0.25, 0.3) is 0 Å². The van der Waals surface area contributed by atoms with Crippen molar-refractivity contribution in [3.63, 3.8) is 0 Å². The molecule has 0 amide bonds. The Bertz CT molecular complexity index is 594. The molecule has 0 saturated carbocycles. The Labute approximate surface area is 121 Å². The van der Waals surface area contributed by atoms with Crippen molar-refractivity contribution in [3.05, 3.63) is 28.7 Å². The van der Waals surface area contributed by atoms with Gasteiger partial charge in [-0.2, -0.15) is 4.37 Å². The van der Waals surface area contributed by atoms with Crippen LogP contribution >= 0.6 is 23.3 Å². The molecular weight excluding hydrogens is 276 g/mol. The number of rotatable bonds is 3. The van der Waals surface area contributed by atoms with Crippen LogP contribution in [0, 0.1) is 6.92 Å². The van der Waals surface area contributed by atoms with Gasteiger partial charge in [-0.05, 0) is 67.0 Å². The Morgan fingerprint density at radius 3 is 2.89 bits per heavy atom. The number of aryl methyl sites for hydroxylation is 3. The molecule has 2 aromatic rings. The summed E-state index contributed by atoms with van der Waals surface area (Å²) < 4.78 is 5.15. The van der Waals surface area contributed by atoms with E-state index >= 15 is 0 Å². The lowest BCUT2D eigenvalue weighted by Crippen LogP contribution is -2.10. The van der Waals surface area contributed by atoms with Crippen LogP contribution in [0.15, 0.2) is 15.4 Å². The van der Waals surface area contributed by atoms with Crippen molar-refractivity contribution < 1.29 is 0 Å². The molecule has 0 radical (unpaired) electrons. The number of nitrogens with zero attached hydrogens (tertiary/aromatic N) is 3. The molecule has 0 fully saturated rings. The quantitative estimate of drug-likeness (QED) is 0.942. The van der Waals surface area contributed by atoms with Gasteiger partial charge in [-0.25, -0.2) is 9.97 Å². The van der Waals surface area contributed by atoms with Crippen LogP contribution in [0.4, 0.5) is 0 Å². The van der Waals surface area contributed by atoms with E-state index in [1.165, 1.54) is 35.6 Å². The van der Waals surface area contributed by atoms with Gasteiger partial charge in [0.2, 0.25) is 0 Å². The van der Waals surface area contributed by atoms with E-state index in [2.05, 4.69) is 15.4 Å². The molecule has 0 spiro atoms. The van der Waals surface area contributed by atoms with Crippen LogP contribution in [-0.2, 0) is 19.4 Å². The summed E-state index contributed by atoms with van der Waals surface area (Å²) in [5.41, 5.74) is 9.60. The first-order valence-corrected chi connectivity index (χ1v) is 8.05. The minimum absolute atomic E-state index is 0.528. The molecule has 2 heterocycles. The number of aromatic nitrogens is 3. The average molecular weight is 292 g/mol. The highest BCUT2D eigenvalue weighted by Gasteiger charge is 2.16. The molecule has 0 bridgehead atoms. The minimum Gasteiger partial charge on any atom is -0.326 e. The molecule has 0 aliphatic heterocycles. The predicted molar refractivity (Wildman–Crippen MR) is 77.5 cm³/mol. The summed E-state index contributed by atoms with van der Waals surface area (Å²) in [6.45, 7) is 2.44. The molecule has 4 nitrogen and oxygen atoms in total. The molecule has 2 aromatic heterocycles. The van der Waals surface area contributed by atoms with E-state index in [0.29, 0.717) is 6.54 Å². The van der Waals surface area contributed by atoms with Crippen LogP contribution in [0.1, 0.15) is 35.5 Å². The first-order valence-electron chi connectivity index (χ1n) is 6.46. The van der Waals surface area contributed by atoms with Crippen molar-refractivity contribution in [2.75, 3.05) is 0 Å². The SMILES string of the molecule is Cc1nsc(Sc2nc3c(cc2CN)CCCC3)n1. The number of hydrogen-bond acceptors (Lipinski definition) is 6. The monoisotopic (exact) mass is 292 g/mol. The van der Waals surface area contributed by atoms with Gasteiger partial charge < -0.3 is 5.73 Å². The zero-order valence-electron chi connectivity index (χ0n) is 10.8. The molecule has 6 heteroatoms. The Morgan fingerprint density at radius 2 is 2.16 bits per heavy atom. The highest BCUT2D eigenvalue weighted by Crippen LogP contribution is 2.32. The number of hydrogen-bond donors (Lipinski definition) is 1. The van der Waals surface area contributed by atoms with Gasteiger partial charge >= 0.3 is 0 Å². The van der Waals surface area contributed by atoms with Crippen molar-refractivity contribution in [2.45, 2.75) is 48.5 Å². The molecule has 1 aliphatic carbocycles. The van der Waals surface area contributed by atoms with Crippen LogP contribution in [0.3, 0.4) is 0 Å². The largest absolute Gasteiger partial charge is 0.326 e. The Morgan fingerprint density at radius 1 is 1.32 bits per heavy atom. The maximum Gasteiger partial charge on any atom is 0.176 e. The summed E-state index contributed by atoms with van der Waals surface area (Å²) in [6.07, 6.45) is 4.73. The number of fused-ring (bicyclic) bond motifs is 1. The highest BCUT2D eigenvalue weighted by atomic mass is 32.2. The second-order valence-corrected chi connectivity index (χ2v) is 6.67. The standard InChI is InChI=1S/C13H16N4S2/c1-8-15-13(19-17-8)18-12-10(7-14)6-9-4-2-3-5-11(9)16-12/h6H,2-5,7,14H2,1H3. The molecule has 100 valence electrons. The van der Waals surface area contributed by atoms with E-state index in [1.54, 1.807) is 11.8 Å². The fourth-order valence-corrected chi connectivity index (χ4v) is 3.99. The molecule has 0 unspecified atom stereocenters. The molecular formula is C13H16N4S2. The lowest BCUT2D eigenvalue weighted by atomic mass is 9.95. The van der Waals surface area contributed by atoms with Crippen LogP contribution in [0.5, 0.6) is 0 Å². The minimum atomic E-state index is 0.528. The first kappa shape index (κ1) is 13.0. The molecule has 3 rings (SSSR count). The Hall–Kier alpha value is -0.980. The number of pyridine rings is 1. The normalized spacial score (nSPS) is 14.4. The van der Waals surface area contributed by atoms with Crippen molar-refractivity contribution >= 4 is 23.3 Å². The van der Waals surface area contributed by atoms with Crippen molar-refractivity contribution in [1.29, 1.82) is 0 Å². The smallest absolute Gasteiger partial charge is 0.176 e. The zero-order chi connectivity index (χ0) is 13.2. The van der Waals surface area contributed by atoms with Gasteiger partial charge in [0.05, 0.1) is 0 Å². The fraction of sp³-hybridized carbons (Fsp3) is 0.462. The topological polar surface area (TPSA) is 64.7 Å². The van der Waals surface area contributed by atoms with Crippen LogP contribution in [0.25, 0.3) is 0 Å². The lowest BCUT2D eigenvalue weighted by molar-refractivity contribution is 0.656. The third kappa shape index (κ3) is 2.80. The molecule has 19 heavy (non-hydrogen) atoms. The summed E-state index contributed by atoms with van der Waals surface area (Å²) in [5.74, 6) is 0.819. The van der Waals surface area contributed by atoms with Gasteiger partial charge in [-0.3, -0.25) is 0 Å². The van der Waals surface area contributed by atoms with E-state index in [1.807, 2.05) is 6.92 Å². The van der Waals surface area contributed by atoms with Gasteiger partial charge in [0.15, 0.2) is 4.34 Å². The summed E-state index contributed by atoms with van der Waals surface area (Å²) >= 11 is 3.01. The average Bonchev–Trinajstić information content (AvgIpc) is 2.83. The lowest BCUT2D eigenvalue weighted by Gasteiger charge is -2.17. The maximum absolute atomic E-state index is 5.86. The third-order valence-corrected chi connectivity index (χ3v) is 5.14. The third-order valence-electron chi connectivity index (χ3n) is 3.25. The Kier molecular flexibility index (Phi) is 3.81. The highest BCUT2D eigenvalue weighted by molar-refractivity contribution is 8.00. The number of nitrogens with two attached hydrogens (primary N) is 1. The van der Waals surface area contributed by atoms with E-state index in [9.17, 15) is 0 Å². The van der Waals surface area contributed by atoms with E-state index in [0.717, 1.165) is 33.6 Å². The molecule has 2 N–H and O–H groups in total. The summed E-state index contributed by atoms with van der Waals surface area (Å²) in [7, 11) is 0. The predicted octanol–water partition coefficient (Wildman–Crippen LogP) is 2.73. The van der Waals surface area contributed by atoms with Crippen LogP contribution < -0.4 is 5.73 Å².